The van der Waals surface area contributed by atoms with Gasteiger partial charge in [-0.1, -0.05) is 0 Å². The van der Waals surface area contributed by atoms with E-state index in [4.69, 9.17) is 10.5 Å². The second-order valence-electron chi connectivity index (χ2n) is 7.09. The molecular formula is C15H28N4O3. The Labute approximate surface area is 132 Å². The van der Waals surface area contributed by atoms with Crippen LogP contribution in [0.15, 0.2) is 0 Å². The normalized spacial score (nSPS) is 23.5. The highest BCUT2D eigenvalue weighted by atomic mass is 16.6. The smallest absolute Gasteiger partial charge is 0.410 e. The van der Waals surface area contributed by atoms with Crippen molar-refractivity contribution < 1.29 is 14.3 Å². The third kappa shape index (κ3) is 4.50. The van der Waals surface area contributed by atoms with E-state index in [1.807, 2.05) is 25.7 Å². The number of piperazine rings is 1. The zero-order valence-electron chi connectivity index (χ0n) is 13.9. The number of amides is 3. The zero-order chi connectivity index (χ0) is 16.3. The molecule has 2 aliphatic rings. The maximum Gasteiger partial charge on any atom is 0.410 e. The molecule has 2 saturated heterocycles. The standard InChI is InChI=1S/C15H28N4O3/c1-15(2,3)22-14(21)18-9-7-17(8-10-18)13(20)19-6-4-5-12(16)11-19/h12H,4-11,16H2,1-3H3/t12-/m0/s1. The summed E-state index contributed by atoms with van der Waals surface area (Å²) in [6, 6.07) is 0.125. The van der Waals surface area contributed by atoms with Crippen molar-refractivity contribution in [2.45, 2.75) is 45.3 Å². The summed E-state index contributed by atoms with van der Waals surface area (Å²) in [6.07, 6.45) is 1.64. The van der Waals surface area contributed by atoms with Crippen molar-refractivity contribution >= 4 is 12.1 Å². The van der Waals surface area contributed by atoms with E-state index < -0.39 is 5.60 Å². The number of carbonyl (C=O) groups excluding carboxylic acids is 2. The van der Waals surface area contributed by atoms with E-state index in [1.54, 1.807) is 9.80 Å². The number of hydrogen-bond donors (Lipinski definition) is 1. The minimum atomic E-state index is -0.492. The first kappa shape index (κ1) is 16.9. The van der Waals surface area contributed by atoms with Crippen LogP contribution < -0.4 is 5.73 Å². The Morgan fingerprint density at radius 3 is 2.14 bits per heavy atom. The van der Waals surface area contributed by atoms with Gasteiger partial charge in [0.05, 0.1) is 0 Å². The molecule has 3 amide bonds. The van der Waals surface area contributed by atoms with Crippen LogP contribution >= 0.6 is 0 Å². The number of ether oxygens (including phenoxy) is 1. The van der Waals surface area contributed by atoms with Crippen molar-refractivity contribution in [2.24, 2.45) is 5.73 Å². The van der Waals surface area contributed by atoms with E-state index >= 15 is 0 Å². The Bertz CT molecular complexity index is 414. The van der Waals surface area contributed by atoms with Gasteiger partial charge in [-0.25, -0.2) is 9.59 Å². The molecule has 0 spiro atoms. The zero-order valence-corrected chi connectivity index (χ0v) is 13.9. The van der Waals surface area contributed by atoms with E-state index in [2.05, 4.69) is 0 Å². The molecule has 7 nitrogen and oxygen atoms in total. The molecule has 2 rings (SSSR count). The molecule has 0 saturated carbocycles. The van der Waals surface area contributed by atoms with E-state index in [0.29, 0.717) is 32.7 Å². The van der Waals surface area contributed by atoms with E-state index in [0.717, 1.165) is 19.4 Å². The lowest BCUT2D eigenvalue weighted by molar-refractivity contribution is 0.0154. The molecular weight excluding hydrogens is 284 g/mol. The largest absolute Gasteiger partial charge is 0.444 e. The summed E-state index contributed by atoms with van der Waals surface area (Å²) in [6.45, 7) is 9.08. The Morgan fingerprint density at radius 1 is 1.00 bits per heavy atom. The number of nitrogens with zero attached hydrogens (tertiary/aromatic N) is 3. The van der Waals surface area contributed by atoms with Crippen LogP contribution in [0.2, 0.25) is 0 Å². The molecule has 0 aromatic carbocycles. The summed E-state index contributed by atoms with van der Waals surface area (Å²) in [4.78, 5) is 29.8. The number of hydrogen-bond acceptors (Lipinski definition) is 4. The number of likely N-dealkylation sites (tertiary alicyclic amines) is 1. The van der Waals surface area contributed by atoms with Crippen molar-refractivity contribution in [3.63, 3.8) is 0 Å². The van der Waals surface area contributed by atoms with E-state index in [-0.39, 0.29) is 18.2 Å². The van der Waals surface area contributed by atoms with Crippen LogP contribution in [-0.4, -0.2) is 77.7 Å². The highest BCUT2D eigenvalue weighted by Crippen LogP contribution is 2.15. The quantitative estimate of drug-likeness (QED) is 0.726. The number of nitrogens with two attached hydrogens (primary N) is 1. The molecule has 0 aliphatic carbocycles. The molecule has 7 heteroatoms. The number of carbonyl (C=O) groups is 2. The summed E-state index contributed by atoms with van der Waals surface area (Å²) in [7, 11) is 0. The Balaban J connectivity index is 1.81. The lowest BCUT2D eigenvalue weighted by Crippen LogP contribution is -2.57. The topological polar surface area (TPSA) is 79.1 Å². The fourth-order valence-corrected chi connectivity index (χ4v) is 2.79. The third-order valence-electron chi connectivity index (χ3n) is 3.93. The van der Waals surface area contributed by atoms with Gasteiger partial charge in [-0.15, -0.1) is 0 Å². The van der Waals surface area contributed by atoms with E-state index in [9.17, 15) is 9.59 Å². The monoisotopic (exact) mass is 312 g/mol. The van der Waals surface area contributed by atoms with Gasteiger partial charge in [0.25, 0.3) is 0 Å². The first-order valence-corrected chi connectivity index (χ1v) is 8.03. The van der Waals surface area contributed by atoms with Crippen molar-refractivity contribution in [3.05, 3.63) is 0 Å². The van der Waals surface area contributed by atoms with E-state index in [1.165, 1.54) is 0 Å². The highest BCUT2D eigenvalue weighted by molar-refractivity contribution is 5.75. The molecule has 2 N–H and O–H groups in total. The van der Waals surface area contributed by atoms with Gasteiger partial charge in [0, 0.05) is 45.3 Å². The molecule has 0 bridgehead atoms. The fraction of sp³-hybridized carbons (Fsp3) is 0.867. The molecule has 0 radical (unpaired) electrons. The average molecular weight is 312 g/mol. The van der Waals surface area contributed by atoms with Gasteiger partial charge in [0.2, 0.25) is 0 Å². The predicted molar refractivity (Wildman–Crippen MR) is 83.6 cm³/mol. The molecule has 0 aromatic rings. The third-order valence-corrected chi connectivity index (χ3v) is 3.93. The van der Waals surface area contributed by atoms with Gasteiger partial charge in [-0.05, 0) is 33.6 Å². The molecule has 22 heavy (non-hydrogen) atoms. The SMILES string of the molecule is CC(C)(C)OC(=O)N1CCN(C(=O)N2CCC[C@H](N)C2)CC1. The van der Waals surface area contributed by atoms with Crippen molar-refractivity contribution in [3.8, 4) is 0 Å². The van der Waals surface area contributed by atoms with Gasteiger partial charge >= 0.3 is 12.1 Å². The van der Waals surface area contributed by atoms with Gasteiger partial charge in [0.1, 0.15) is 5.60 Å². The lowest BCUT2D eigenvalue weighted by atomic mass is 10.1. The Kier molecular flexibility index (Phi) is 5.16. The summed E-state index contributed by atoms with van der Waals surface area (Å²) >= 11 is 0. The molecule has 2 fully saturated rings. The van der Waals surface area contributed by atoms with Crippen LogP contribution in [0.3, 0.4) is 0 Å². The number of urea groups is 1. The van der Waals surface area contributed by atoms with Crippen LogP contribution in [0.1, 0.15) is 33.6 Å². The van der Waals surface area contributed by atoms with Crippen LogP contribution in [0.4, 0.5) is 9.59 Å². The minimum absolute atomic E-state index is 0.0407. The summed E-state index contributed by atoms with van der Waals surface area (Å²) in [5.41, 5.74) is 5.44. The van der Waals surface area contributed by atoms with Gasteiger partial charge in [-0.2, -0.15) is 0 Å². The first-order chi connectivity index (χ1) is 10.3. The summed E-state index contributed by atoms with van der Waals surface area (Å²) in [5, 5.41) is 0. The van der Waals surface area contributed by atoms with Crippen molar-refractivity contribution in [2.75, 3.05) is 39.3 Å². The molecule has 2 aliphatic heterocycles. The van der Waals surface area contributed by atoms with Crippen LogP contribution in [-0.2, 0) is 4.74 Å². The Morgan fingerprint density at radius 2 is 1.59 bits per heavy atom. The fourth-order valence-electron chi connectivity index (χ4n) is 2.79. The summed E-state index contributed by atoms with van der Waals surface area (Å²) < 4.78 is 5.36. The van der Waals surface area contributed by atoms with Crippen molar-refractivity contribution in [1.82, 2.24) is 14.7 Å². The second kappa shape index (κ2) is 6.73. The average Bonchev–Trinajstić information content (AvgIpc) is 2.45. The lowest BCUT2D eigenvalue weighted by Gasteiger charge is -2.39. The first-order valence-electron chi connectivity index (χ1n) is 8.03. The molecule has 1 atom stereocenters. The molecule has 126 valence electrons. The van der Waals surface area contributed by atoms with Gasteiger partial charge in [0.15, 0.2) is 0 Å². The molecule has 0 unspecified atom stereocenters. The number of piperidine rings is 1. The summed E-state index contributed by atoms with van der Waals surface area (Å²) in [5.74, 6) is 0. The van der Waals surface area contributed by atoms with Gasteiger partial charge in [-0.3, -0.25) is 0 Å². The second-order valence-corrected chi connectivity index (χ2v) is 7.09. The minimum Gasteiger partial charge on any atom is -0.444 e. The molecule has 2 heterocycles. The maximum absolute atomic E-state index is 12.5. The van der Waals surface area contributed by atoms with Crippen LogP contribution in [0.5, 0.6) is 0 Å². The van der Waals surface area contributed by atoms with Crippen LogP contribution in [0.25, 0.3) is 0 Å². The Hall–Kier alpha value is -1.50. The van der Waals surface area contributed by atoms with Gasteiger partial charge < -0.3 is 25.2 Å². The maximum atomic E-state index is 12.5. The molecule has 0 aromatic heterocycles. The predicted octanol–water partition coefficient (Wildman–Crippen LogP) is 1.08. The number of rotatable bonds is 0. The van der Waals surface area contributed by atoms with Crippen LogP contribution in [0, 0.1) is 0 Å². The highest BCUT2D eigenvalue weighted by Gasteiger charge is 2.30. The van der Waals surface area contributed by atoms with Crippen molar-refractivity contribution in [1.29, 1.82) is 0 Å².